The van der Waals surface area contributed by atoms with Gasteiger partial charge in [-0.05, 0) is 29.7 Å². The highest BCUT2D eigenvalue weighted by molar-refractivity contribution is 6.05. The SMILES string of the molecule is [2H]C1OC([2H])([2H])CN(Cc2ccc(COc3cccc4c3CN(C3CCC(=O)NC3=O)C4=O)cc2)C1[2H]. The van der Waals surface area contributed by atoms with Crippen LogP contribution in [0.5, 0.6) is 5.75 Å². The molecule has 3 aliphatic heterocycles. The molecule has 33 heavy (non-hydrogen) atoms. The molecule has 3 aliphatic rings. The Labute approximate surface area is 198 Å². The molecule has 8 heteroatoms. The summed E-state index contributed by atoms with van der Waals surface area (Å²) in [5.41, 5.74) is 2.95. The quantitative estimate of drug-likeness (QED) is 0.672. The largest absolute Gasteiger partial charge is 0.489 e. The molecule has 3 amide bonds. The van der Waals surface area contributed by atoms with Gasteiger partial charge in [0.2, 0.25) is 11.8 Å². The van der Waals surface area contributed by atoms with Gasteiger partial charge in [-0.15, -0.1) is 0 Å². The summed E-state index contributed by atoms with van der Waals surface area (Å²) in [4.78, 5) is 39.8. The average molecular weight is 454 g/mol. The fourth-order valence-corrected chi connectivity index (χ4v) is 4.28. The number of amides is 3. The van der Waals surface area contributed by atoms with Gasteiger partial charge >= 0.3 is 0 Å². The fourth-order valence-electron chi connectivity index (χ4n) is 4.28. The highest BCUT2D eigenvalue weighted by Gasteiger charge is 2.40. The zero-order valence-electron chi connectivity index (χ0n) is 22.0. The molecule has 2 aromatic carbocycles. The Morgan fingerprint density at radius 3 is 2.76 bits per heavy atom. The lowest BCUT2D eigenvalue weighted by molar-refractivity contribution is -0.136. The molecule has 0 saturated carbocycles. The summed E-state index contributed by atoms with van der Waals surface area (Å²) in [6.45, 7) is -3.51. The van der Waals surface area contributed by atoms with Crippen molar-refractivity contribution in [1.29, 1.82) is 0 Å². The fraction of sp³-hybridized carbons (Fsp3) is 0.400. The number of morpholine rings is 1. The Morgan fingerprint density at radius 2 is 1.94 bits per heavy atom. The first kappa shape index (κ1) is 17.3. The normalized spacial score (nSPS) is 28.9. The molecule has 5 rings (SSSR count). The molecular weight excluding hydrogens is 422 g/mol. The molecule has 3 unspecified atom stereocenters. The van der Waals surface area contributed by atoms with E-state index in [4.69, 9.17) is 15.0 Å². The maximum absolute atomic E-state index is 13.0. The lowest BCUT2D eigenvalue weighted by Crippen LogP contribution is -2.52. The number of nitrogens with one attached hydrogen (secondary N) is 1. The van der Waals surface area contributed by atoms with Gasteiger partial charge < -0.3 is 14.4 Å². The van der Waals surface area contributed by atoms with Gasteiger partial charge in [-0.1, -0.05) is 30.3 Å². The van der Waals surface area contributed by atoms with Gasteiger partial charge in [0.1, 0.15) is 18.4 Å². The predicted octanol–water partition coefficient (Wildman–Crippen LogP) is 1.86. The Bertz CT molecular complexity index is 1230. The van der Waals surface area contributed by atoms with Crippen molar-refractivity contribution in [3.05, 3.63) is 64.7 Å². The number of fused-ring (bicyclic) bond motifs is 1. The second-order valence-electron chi connectivity index (χ2n) is 8.24. The van der Waals surface area contributed by atoms with Crippen molar-refractivity contribution >= 4 is 17.7 Å². The van der Waals surface area contributed by atoms with E-state index in [1.54, 1.807) is 23.1 Å². The summed E-state index contributed by atoms with van der Waals surface area (Å²) in [7, 11) is 0. The van der Waals surface area contributed by atoms with Crippen LogP contribution >= 0.6 is 0 Å². The van der Waals surface area contributed by atoms with Crippen LogP contribution in [0, 0.1) is 0 Å². The van der Waals surface area contributed by atoms with Crippen molar-refractivity contribution in [2.75, 3.05) is 26.2 Å². The maximum Gasteiger partial charge on any atom is 0.255 e. The lowest BCUT2D eigenvalue weighted by Gasteiger charge is -2.29. The van der Waals surface area contributed by atoms with E-state index < -0.39 is 31.6 Å². The van der Waals surface area contributed by atoms with Crippen LogP contribution in [0.2, 0.25) is 0 Å². The highest BCUT2D eigenvalue weighted by Crippen LogP contribution is 2.34. The maximum atomic E-state index is 13.0. The van der Waals surface area contributed by atoms with Crippen LogP contribution in [0.25, 0.3) is 0 Å². The Hall–Kier alpha value is -3.23. The third-order valence-corrected chi connectivity index (χ3v) is 6.03. The number of piperidine rings is 1. The van der Waals surface area contributed by atoms with E-state index in [1.807, 2.05) is 24.3 Å². The molecule has 2 aromatic rings. The number of carbonyl (C=O) groups is 3. The number of hydrogen-bond donors (Lipinski definition) is 1. The van der Waals surface area contributed by atoms with Crippen molar-refractivity contribution < 1.29 is 29.3 Å². The second-order valence-corrected chi connectivity index (χ2v) is 8.24. The van der Waals surface area contributed by atoms with Crippen LogP contribution in [-0.2, 0) is 34.0 Å². The minimum Gasteiger partial charge on any atom is -0.489 e. The Balaban J connectivity index is 1.22. The van der Waals surface area contributed by atoms with E-state index in [2.05, 4.69) is 5.32 Å². The first-order valence-corrected chi connectivity index (χ1v) is 10.8. The number of nitrogens with zero attached hydrogens (tertiary/aromatic N) is 2. The first-order chi connectivity index (χ1) is 17.6. The molecule has 0 aromatic heterocycles. The highest BCUT2D eigenvalue weighted by atomic mass is 16.5. The van der Waals surface area contributed by atoms with Gasteiger partial charge in [0.05, 0.1) is 23.8 Å². The average Bonchev–Trinajstić information content (AvgIpc) is 3.18. The smallest absolute Gasteiger partial charge is 0.255 e. The summed E-state index contributed by atoms with van der Waals surface area (Å²) in [6, 6.07) is 12.1. The predicted molar refractivity (Wildman–Crippen MR) is 119 cm³/mol. The minimum atomic E-state index is -1.97. The van der Waals surface area contributed by atoms with E-state index in [1.165, 1.54) is 4.90 Å². The monoisotopic (exact) mass is 453 g/mol. The molecule has 2 saturated heterocycles. The van der Waals surface area contributed by atoms with Crippen LogP contribution in [-0.4, -0.2) is 59.8 Å². The Kier molecular flexibility index (Phi) is 4.88. The number of carbonyl (C=O) groups excluding carboxylic acids is 3. The molecule has 0 spiro atoms. The zero-order chi connectivity index (χ0) is 26.3. The van der Waals surface area contributed by atoms with Crippen molar-refractivity contribution in [3.63, 3.8) is 0 Å². The lowest BCUT2D eigenvalue weighted by atomic mass is 10.0. The van der Waals surface area contributed by atoms with Crippen molar-refractivity contribution in [3.8, 4) is 5.75 Å². The van der Waals surface area contributed by atoms with Crippen LogP contribution < -0.4 is 10.1 Å². The molecule has 172 valence electrons. The van der Waals surface area contributed by atoms with Gasteiger partial charge in [0, 0.05) is 38.5 Å². The third-order valence-electron chi connectivity index (χ3n) is 6.03. The number of ether oxygens (including phenoxy) is 2. The van der Waals surface area contributed by atoms with Crippen LogP contribution in [0.4, 0.5) is 0 Å². The number of imide groups is 1. The number of rotatable bonds is 6. The molecule has 1 N–H and O–H groups in total. The van der Waals surface area contributed by atoms with E-state index in [0.29, 0.717) is 29.8 Å². The summed E-state index contributed by atoms with van der Waals surface area (Å²) in [6.07, 6.45) is 0.492. The van der Waals surface area contributed by atoms with Gasteiger partial charge in [-0.25, -0.2) is 0 Å². The van der Waals surface area contributed by atoms with Crippen molar-refractivity contribution in [2.24, 2.45) is 0 Å². The zero-order valence-corrected chi connectivity index (χ0v) is 18.0. The molecule has 3 atom stereocenters. The molecule has 0 bridgehead atoms. The molecular formula is C25H27N3O5. The van der Waals surface area contributed by atoms with Crippen molar-refractivity contribution in [2.45, 2.75) is 38.6 Å². The number of benzene rings is 2. The first-order valence-electron chi connectivity index (χ1n) is 13.0. The third kappa shape index (κ3) is 4.62. The second kappa shape index (κ2) is 9.33. The minimum absolute atomic E-state index is 0.0882. The van der Waals surface area contributed by atoms with E-state index in [0.717, 1.165) is 11.1 Å². The van der Waals surface area contributed by atoms with Gasteiger partial charge in [0.15, 0.2) is 0 Å². The van der Waals surface area contributed by atoms with Crippen LogP contribution in [0.3, 0.4) is 0 Å². The van der Waals surface area contributed by atoms with Crippen molar-refractivity contribution in [1.82, 2.24) is 15.1 Å². The van der Waals surface area contributed by atoms with Crippen LogP contribution in [0.15, 0.2) is 42.5 Å². The standard InChI is InChI=1S/C25H27N3O5/c29-23-9-8-21(24(30)26-23)28-15-20-19(25(28)31)2-1-3-22(20)33-16-18-6-4-17(5-7-18)14-27-10-12-32-13-11-27/h1-7,21H,8-16H2,(H,26,29,30)/i10D,12D,13D2. The van der Waals surface area contributed by atoms with Gasteiger partial charge in [-0.2, -0.15) is 0 Å². The van der Waals surface area contributed by atoms with E-state index in [-0.39, 0.29) is 37.9 Å². The Morgan fingerprint density at radius 1 is 1.12 bits per heavy atom. The summed E-state index contributed by atoms with van der Waals surface area (Å²) >= 11 is 0. The summed E-state index contributed by atoms with van der Waals surface area (Å²) < 4.78 is 42.5. The van der Waals surface area contributed by atoms with Gasteiger partial charge in [-0.3, -0.25) is 24.6 Å². The molecule has 3 heterocycles. The summed E-state index contributed by atoms with van der Waals surface area (Å²) in [5, 5.41) is 2.30. The summed E-state index contributed by atoms with van der Waals surface area (Å²) in [5.74, 6) is -0.484. The van der Waals surface area contributed by atoms with E-state index >= 15 is 0 Å². The van der Waals surface area contributed by atoms with Crippen LogP contribution in [0.1, 0.15) is 45.4 Å². The molecule has 0 radical (unpaired) electrons. The van der Waals surface area contributed by atoms with Gasteiger partial charge in [0.25, 0.3) is 5.91 Å². The molecule has 2 fully saturated rings. The molecule has 8 nitrogen and oxygen atoms in total. The number of hydrogen-bond acceptors (Lipinski definition) is 6. The molecule has 0 aliphatic carbocycles. The van der Waals surface area contributed by atoms with E-state index in [9.17, 15) is 14.4 Å². The topological polar surface area (TPSA) is 88.2 Å².